The van der Waals surface area contributed by atoms with Gasteiger partial charge in [0.25, 0.3) is 17.4 Å². The van der Waals surface area contributed by atoms with E-state index in [2.05, 4.69) is 28.6 Å². The van der Waals surface area contributed by atoms with Crippen molar-refractivity contribution >= 4 is 39.3 Å². The number of amides is 2. The number of nitrogens with one attached hydrogen (secondary N) is 1. The topological polar surface area (TPSA) is 111 Å². The summed E-state index contributed by atoms with van der Waals surface area (Å²) >= 11 is 0. The Morgan fingerprint density at radius 3 is 2.72 bits per heavy atom. The van der Waals surface area contributed by atoms with Crippen LogP contribution in [0.3, 0.4) is 0 Å². The highest BCUT2D eigenvalue weighted by atomic mass is 16.5. The number of hydrogen-bond acceptors (Lipinski definition) is 6. The molecule has 1 N–H and O–H groups in total. The van der Waals surface area contributed by atoms with Gasteiger partial charge in [-0.05, 0) is 17.7 Å². The molecule has 0 bridgehead atoms. The predicted molar refractivity (Wildman–Crippen MR) is 138 cm³/mol. The van der Waals surface area contributed by atoms with Crippen molar-refractivity contribution in [2.24, 2.45) is 7.05 Å². The Labute approximate surface area is 207 Å². The molecule has 4 aromatic rings. The Bertz CT molecular complexity index is 1580. The Morgan fingerprint density at radius 2 is 1.97 bits per heavy atom. The third kappa shape index (κ3) is 4.66. The summed E-state index contributed by atoms with van der Waals surface area (Å²) < 4.78 is 7.74. The number of hydrogen-bond donors (Lipinski definition) is 1. The van der Waals surface area contributed by atoms with Crippen LogP contribution < -0.4 is 10.9 Å². The monoisotopic (exact) mass is 486 g/mol. The summed E-state index contributed by atoms with van der Waals surface area (Å²) in [6.45, 7) is 8.02. The average Bonchev–Trinajstić information content (AvgIpc) is 3.25. The van der Waals surface area contributed by atoms with Crippen molar-refractivity contribution in [3.63, 3.8) is 0 Å². The Morgan fingerprint density at radius 1 is 1.19 bits per heavy atom. The molecule has 0 saturated carbocycles. The first kappa shape index (κ1) is 24.6. The number of rotatable bonds is 8. The zero-order valence-electron chi connectivity index (χ0n) is 20.3. The molecule has 0 aliphatic rings. The highest BCUT2D eigenvalue weighted by Crippen LogP contribution is 2.28. The van der Waals surface area contributed by atoms with Crippen LogP contribution in [0.5, 0.6) is 0 Å². The summed E-state index contributed by atoms with van der Waals surface area (Å²) in [6.07, 6.45) is 3.18. The van der Waals surface area contributed by atoms with Crippen LogP contribution in [-0.2, 0) is 21.4 Å². The van der Waals surface area contributed by atoms with E-state index in [1.165, 1.54) is 18.3 Å². The fourth-order valence-electron chi connectivity index (χ4n) is 3.82. The molecule has 36 heavy (non-hydrogen) atoms. The summed E-state index contributed by atoms with van der Waals surface area (Å²) in [7, 11) is 4.94. The van der Waals surface area contributed by atoms with Gasteiger partial charge < -0.3 is 15.0 Å². The molecule has 0 fully saturated rings. The minimum Gasteiger partial charge on any atom is -0.383 e. The number of aromatic nitrogens is 4. The quantitative estimate of drug-likeness (QED) is 0.382. The second-order valence-electron chi connectivity index (χ2n) is 8.30. The number of nitrogens with zero attached hydrogens (tertiary/aromatic N) is 5. The third-order valence-electron chi connectivity index (χ3n) is 5.77. The number of methoxy groups -OCH3 is 1. The summed E-state index contributed by atoms with van der Waals surface area (Å²) in [5, 5.41) is 8.18. The molecule has 0 unspecified atom stereocenters. The van der Waals surface area contributed by atoms with E-state index < -0.39 is 17.4 Å². The molecule has 2 amide bonds. The van der Waals surface area contributed by atoms with Crippen LogP contribution in [0.1, 0.15) is 0 Å². The fraction of sp³-hybridized carbons (Fsp3) is 0.192. The maximum Gasteiger partial charge on any atom is 0.272 e. The molecule has 0 saturated heterocycles. The predicted octanol–water partition coefficient (Wildman–Crippen LogP) is 2.16. The van der Waals surface area contributed by atoms with E-state index >= 15 is 0 Å². The fourth-order valence-corrected chi connectivity index (χ4v) is 3.82. The lowest BCUT2D eigenvalue weighted by Crippen LogP contribution is -2.38. The van der Waals surface area contributed by atoms with Gasteiger partial charge in [-0.15, -0.1) is 0 Å². The molecule has 2 aromatic heterocycles. The van der Waals surface area contributed by atoms with Gasteiger partial charge in [0.15, 0.2) is 0 Å². The van der Waals surface area contributed by atoms with Crippen molar-refractivity contribution in [2.45, 2.75) is 0 Å². The number of likely N-dealkylation sites (N-methyl/N-ethyl adjacent to an activating group) is 1. The van der Waals surface area contributed by atoms with Crippen LogP contribution in [0.2, 0.25) is 0 Å². The second-order valence-corrected chi connectivity index (χ2v) is 8.30. The Kier molecular flexibility index (Phi) is 6.80. The van der Waals surface area contributed by atoms with Gasteiger partial charge >= 0.3 is 0 Å². The van der Waals surface area contributed by atoms with Crippen LogP contribution >= 0.6 is 0 Å². The van der Waals surface area contributed by atoms with E-state index in [1.807, 2.05) is 37.5 Å². The van der Waals surface area contributed by atoms with Gasteiger partial charge in [-0.25, -0.2) is 4.98 Å². The third-order valence-corrected chi connectivity index (χ3v) is 5.77. The van der Waals surface area contributed by atoms with Crippen LogP contribution in [0, 0.1) is 0 Å². The first-order valence-corrected chi connectivity index (χ1v) is 11.1. The number of aryl methyl sites for hydroxylation is 1. The largest absolute Gasteiger partial charge is 0.383 e. The molecular formula is C26H26N6O4. The van der Waals surface area contributed by atoms with Gasteiger partial charge in [-0.2, -0.15) is 5.10 Å². The molecule has 2 heterocycles. The SMILES string of the molecule is C=C(NC(=O)C(=C)n1cnc2c(-c3ccc4cn(C)nc4c3)cccc2c1=O)C(=O)N(C)CCOC. The maximum absolute atomic E-state index is 13.3. The molecular weight excluding hydrogens is 460 g/mol. The number of carbonyl (C=O) groups is 2. The van der Waals surface area contributed by atoms with E-state index in [4.69, 9.17) is 4.74 Å². The first-order chi connectivity index (χ1) is 17.2. The van der Waals surface area contributed by atoms with E-state index in [0.29, 0.717) is 24.1 Å². The Balaban J connectivity index is 1.61. The zero-order valence-corrected chi connectivity index (χ0v) is 20.3. The number of fused-ring (bicyclic) bond motifs is 2. The van der Waals surface area contributed by atoms with Crippen LogP contribution in [0.4, 0.5) is 0 Å². The number of carbonyl (C=O) groups excluding carboxylic acids is 2. The minimum atomic E-state index is -0.742. The lowest BCUT2D eigenvalue weighted by atomic mass is 10.0. The van der Waals surface area contributed by atoms with E-state index in [0.717, 1.165) is 26.6 Å². The highest BCUT2D eigenvalue weighted by Gasteiger charge is 2.19. The lowest BCUT2D eigenvalue weighted by molar-refractivity contribution is -0.128. The Hall–Kier alpha value is -4.57. The van der Waals surface area contributed by atoms with E-state index in [-0.39, 0.29) is 11.4 Å². The molecule has 10 nitrogen and oxygen atoms in total. The minimum absolute atomic E-state index is 0.145. The lowest BCUT2D eigenvalue weighted by Gasteiger charge is -2.18. The number of para-hydroxylation sites is 1. The molecule has 0 atom stereocenters. The molecule has 0 aliphatic carbocycles. The smallest absolute Gasteiger partial charge is 0.272 e. The normalized spacial score (nSPS) is 11.0. The van der Waals surface area contributed by atoms with Gasteiger partial charge in [0, 0.05) is 44.9 Å². The molecule has 0 radical (unpaired) electrons. The standard InChI is InChI=1S/C26H26N6O4/c1-16(25(34)30(3)11-12-36-5)28-24(33)17(2)32-15-27-23-20(7-6-8-21(23)26(32)35)18-9-10-19-14-31(4)29-22(19)13-18/h6-10,13-15H,1-2,11-12H2,3-5H3,(H,28,33). The summed E-state index contributed by atoms with van der Waals surface area (Å²) in [4.78, 5) is 44.2. The second kappa shape index (κ2) is 9.96. The molecule has 2 aromatic carbocycles. The highest BCUT2D eigenvalue weighted by molar-refractivity contribution is 6.15. The number of benzene rings is 2. The molecule has 4 rings (SSSR count). The molecule has 0 spiro atoms. The van der Waals surface area contributed by atoms with Gasteiger partial charge in [0.2, 0.25) is 0 Å². The van der Waals surface area contributed by atoms with Crippen molar-refractivity contribution in [3.8, 4) is 11.1 Å². The molecule has 0 aliphatic heterocycles. The van der Waals surface area contributed by atoms with Crippen molar-refractivity contribution in [2.75, 3.05) is 27.3 Å². The summed E-state index contributed by atoms with van der Waals surface area (Å²) in [6, 6.07) is 11.1. The van der Waals surface area contributed by atoms with Crippen LogP contribution in [-0.4, -0.2) is 63.4 Å². The zero-order chi connectivity index (χ0) is 26.0. The van der Waals surface area contributed by atoms with Gasteiger partial charge in [0.05, 0.1) is 28.7 Å². The van der Waals surface area contributed by atoms with Gasteiger partial charge in [-0.3, -0.25) is 23.6 Å². The maximum atomic E-state index is 13.3. The van der Waals surface area contributed by atoms with Crippen molar-refractivity contribution in [1.82, 2.24) is 29.5 Å². The van der Waals surface area contributed by atoms with Gasteiger partial charge in [-0.1, -0.05) is 37.4 Å². The number of ether oxygens (including phenoxy) is 1. The van der Waals surface area contributed by atoms with Crippen molar-refractivity contribution in [1.29, 1.82) is 0 Å². The average molecular weight is 487 g/mol. The van der Waals surface area contributed by atoms with E-state index in [1.54, 1.807) is 23.9 Å². The van der Waals surface area contributed by atoms with Crippen LogP contribution in [0.15, 0.2) is 72.6 Å². The molecule has 184 valence electrons. The van der Waals surface area contributed by atoms with Crippen LogP contribution in [0.25, 0.3) is 38.6 Å². The van der Waals surface area contributed by atoms with E-state index in [9.17, 15) is 14.4 Å². The summed E-state index contributed by atoms with van der Waals surface area (Å²) in [5.41, 5.74) is 2.14. The molecule has 10 heteroatoms. The summed E-state index contributed by atoms with van der Waals surface area (Å²) in [5.74, 6) is -1.22. The first-order valence-electron chi connectivity index (χ1n) is 11.1. The van der Waals surface area contributed by atoms with Crippen molar-refractivity contribution in [3.05, 3.63) is 78.1 Å². The van der Waals surface area contributed by atoms with Crippen molar-refractivity contribution < 1.29 is 14.3 Å². The van der Waals surface area contributed by atoms with Gasteiger partial charge in [0.1, 0.15) is 12.0 Å².